The normalized spacial score (nSPS) is 11.4. The molecule has 0 aliphatic carbocycles. The first-order valence-corrected chi connectivity index (χ1v) is 8.13. The Morgan fingerprint density at radius 2 is 1.85 bits per heavy atom. The molecule has 6 nitrogen and oxygen atoms in total. The Balaban J connectivity index is 2.00. The molecule has 138 valence electrons. The molecule has 7 heteroatoms. The number of benzene rings is 2. The summed E-state index contributed by atoms with van der Waals surface area (Å²) >= 11 is 0. The number of hydrogen-bond acceptors (Lipinski definition) is 4. The lowest BCUT2D eigenvalue weighted by Crippen LogP contribution is -2.37. The fraction of sp³-hybridized carbons (Fsp3) is 0.263. The van der Waals surface area contributed by atoms with Crippen LogP contribution in [0.15, 0.2) is 42.5 Å². The molecule has 3 N–H and O–H groups in total. The summed E-state index contributed by atoms with van der Waals surface area (Å²) in [7, 11) is 1.53. The predicted molar refractivity (Wildman–Crippen MR) is 98.6 cm³/mol. The zero-order valence-corrected chi connectivity index (χ0v) is 14.9. The van der Waals surface area contributed by atoms with Gasteiger partial charge in [-0.1, -0.05) is 12.1 Å². The minimum Gasteiger partial charge on any atom is -0.495 e. The van der Waals surface area contributed by atoms with Gasteiger partial charge in [0.05, 0.1) is 12.8 Å². The van der Waals surface area contributed by atoms with Crippen LogP contribution in [0.25, 0.3) is 0 Å². The van der Waals surface area contributed by atoms with E-state index >= 15 is 0 Å². The Morgan fingerprint density at radius 3 is 2.46 bits per heavy atom. The Kier molecular flexibility index (Phi) is 6.54. The second kappa shape index (κ2) is 8.84. The maximum atomic E-state index is 12.9. The van der Waals surface area contributed by atoms with E-state index in [1.54, 1.807) is 37.3 Å². The number of methoxy groups -OCH3 is 1. The van der Waals surface area contributed by atoms with Gasteiger partial charge in [-0.05, 0) is 42.8 Å². The summed E-state index contributed by atoms with van der Waals surface area (Å²) in [6.45, 7) is 3.43. The van der Waals surface area contributed by atoms with Gasteiger partial charge in [-0.3, -0.25) is 9.59 Å². The minimum atomic E-state index is -0.545. The smallest absolute Gasteiger partial charge is 0.242 e. The van der Waals surface area contributed by atoms with E-state index in [1.807, 2.05) is 0 Å². The summed E-state index contributed by atoms with van der Waals surface area (Å²) in [5.41, 5.74) is 1.99. The van der Waals surface area contributed by atoms with Crippen LogP contribution in [-0.2, 0) is 16.1 Å². The maximum absolute atomic E-state index is 12.9. The molecule has 26 heavy (non-hydrogen) atoms. The number of rotatable bonds is 7. The van der Waals surface area contributed by atoms with Crippen LogP contribution in [0, 0.1) is 5.82 Å². The van der Waals surface area contributed by atoms with E-state index in [1.165, 1.54) is 26.2 Å². The second-order valence-corrected chi connectivity index (χ2v) is 5.81. The maximum Gasteiger partial charge on any atom is 0.242 e. The highest BCUT2D eigenvalue weighted by Crippen LogP contribution is 2.28. The van der Waals surface area contributed by atoms with Crippen LogP contribution in [0.3, 0.4) is 0 Å². The molecule has 0 heterocycles. The number of hydrogen-bond donors (Lipinski definition) is 3. The SMILES string of the molecule is COc1ccc(NC(C)=O)cc1N[C@H](C)C(=O)NCc1ccc(F)cc1. The highest BCUT2D eigenvalue weighted by molar-refractivity contribution is 5.90. The Labute approximate surface area is 151 Å². The van der Waals surface area contributed by atoms with Crippen molar-refractivity contribution >= 4 is 23.2 Å². The van der Waals surface area contributed by atoms with Crippen molar-refractivity contribution in [2.75, 3.05) is 17.7 Å². The summed E-state index contributed by atoms with van der Waals surface area (Å²) in [5.74, 6) is -0.175. The predicted octanol–water partition coefficient (Wildman–Crippen LogP) is 2.91. The van der Waals surface area contributed by atoms with Crippen molar-refractivity contribution in [1.29, 1.82) is 0 Å². The van der Waals surface area contributed by atoms with Gasteiger partial charge in [0, 0.05) is 19.2 Å². The highest BCUT2D eigenvalue weighted by Gasteiger charge is 2.15. The Hall–Kier alpha value is -3.09. The highest BCUT2D eigenvalue weighted by atomic mass is 19.1. The molecule has 0 spiro atoms. The Bertz CT molecular complexity index is 778. The van der Waals surface area contributed by atoms with Gasteiger partial charge in [0.15, 0.2) is 0 Å². The van der Waals surface area contributed by atoms with Crippen LogP contribution in [0.2, 0.25) is 0 Å². The molecule has 0 aromatic heterocycles. The van der Waals surface area contributed by atoms with Crippen molar-refractivity contribution in [3.8, 4) is 5.75 Å². The molecule has 2 aromatic rings. The van der Waals surface area contributed by atoms with Crippen LogP contribution in [0.1, 0.15) is 19.4 Å². The lowest BCUT2D eigenvalue weighted by molar-refractivity contribution is -0.121. The molecule has 2 amide bonds. The molecule has 0 saturated heterocycles. The van der Waals surface area contributed by atoms with Crippen molar-refractivity contribution in [2.24, 2.45) is 0 Å². The average Bonchev–Trinajstić information content (AvgIpc) is 2.60. The van der Waals surface area contributed by atoms with Gasteiger partial charge in [0.2, 0.25) is 11.8 Å². The molecule has 0 radical (unpaired) electrons. The molecule has 2 rings (SSSR count). The van der Waals surface area contributed by atoms with Gasteiger partial charge in [-0.25, -0.2) is 4.39 Å². The average molecular weight is 359 g/mol. The molecule has 2 aromatic carbocycles. The van der Waals surface area contributed by atoms with Crippen molar-refractivity contribution in [2.45, 2.75) is 26.4 Å². The lowest BCUT2D eigenvalue weighted by Gasteiger charge is -2.18. The third-order valence-corrected chi connectivity index (χ3v) is 3.67. The molecule has 0 bridgehead atoms. The number of nitrogens with one attached hydrogen (secondary N) is 3. The molecule has 0 fully saturated rings. The number of carbonyl (C=O) groups is 2. The number of ether oxygens (including phenoxy) is 1. The zero-order chi connectivity index (χ0) is 19.1. The summed E-state index contributed by atoms with van der Waals surface area (Å²) < 4.78 is 18.2. The second-order valence-electron chi connectivity index (χ2n) is 5.81. The van der Waals surface area contributed by atoms with E-state index < -0.39 is 6.04 Å². The molecule has 0 aliphatic heterocycles. The van der Waals surface area contributed by atoms with Crippen LogP contribution in [0.4, 0.5) is 15.8 Å². The molecule has 0 unspecified atom stereocenters. The van der Waals surface area contributed by atoms with Crippen LogP contribution in [-0.4, -0.2) is 25.0 Å². The van der Waals surface area contributed by atoms with Gasteiger partial charge in [0.1, 0.15) is 17.6 Å². The van der Waals surface area contributed by atoms with E-state index in [0.717, 1.165) is 5.56 Å². The fourth-order valence-corrected chi connectivity index (χ4v) is 2.35. The minimum absolute atomic E-state index is 0.189. The molecular formula is C19H22FN3O3. The van der Waals surface area contributed by atoms with Gasteiger partial charge < -0.3 is 20.7 Å². The van der Waals surface area contributed by atoms with Gasteiger partial charge in [0.25, 0.3) is 0 Å². The Morgan fingerprint density at radius 1 is 1.15 bits per heavy atom. The fourth-order valence-electron chi connectivity index (χ4n) is 2.35. The summed E-state index contributed by atoms with van der Waals surface area (Å²) in [6.07, 6.45) is 0. The third kappa shape index (κ3) is 5.47. The van der Waals surface area contributed by atoms with Crippen LogP contribution >= 0.6 is 0 Å². The summed E-state index contributed by atoms with van der Waals surface area (Å²) in [6, 6.07) is 10.5. The zero-order valence-electron chi connectivity index (χ0n) is 14.9. The van der Waals surface area contributed by atoms with Gasteiger partial charge >= 0.3 is 0 Å². The number of amides is 2. The van der Waals surface area contributed by atoms with E-state index in [2.05, 4.69) is 16.0 Å². The van der Waals surface area contributed by atoms with Crippen molar-refractivity contribution in [3.05, 3.63) is 53.8 Å². The molecule has 0 saturated carbocycles. The first-order valence-electron chi connectivity index (χ1n) is 8.13. The first-order chi connectivity index (χ1) is 12.4. The van der Waals surface area contributed by atoms with E-state index in [4.69, 9.17) is 4.74 Å². The molecular weight excluding hydrogens is 337 g/mol. The van der Waals surface area contributed by atoms with Crippen molar-refractivity contribution in [1.82, 2.24) is 5.32 Å². The van der Waals surface area contributed by atoms with E-state index in [9.17, 15) is 14.0 Å². The van der Waals surface area contributed by atoms with Gasteiger partial charge in [-0.15, -0.1) is 0 Å². The largest absolute Gasteiger partial charge is 0.495 e. The van der Waals surface area contributed by atoms with Crippen LogP contribution in [0.5, 0.6) is 5.75 Å². The number of anilines is 2. The summed E-state index contributed by atoms with van der Waals surface area (Å²) in [4.78, 5) is 23.5. The molecule has 0 aliphatic rings. The third-order valence-electron chi connectivity index (χ3n) is 3.67. The number of carbonyl (C=O) groups excluding carboxylic acids is 2. The standard InChI is InChI=1S/C19H22FN3O3/c1-12(19(25)21-11-14-4-6-15(20)7-5-14)22-17-10-16(23-13(2)24)8-9-18(17)26-3/h4-10,12,22H,11H2,1-3H3,(H,21,25)(H,23,24)/t12-/m1/s1. The van der Waals surface area contributed by atoms with Crippen molar-refractivity contribution < 1.29 is 18.7 Å². The van der Waals surface area contributed by atoms with Crippen molar-refractivity contribution in [3.63, 3.8) is 0 Å². The van der Waals surface area contributed by atoms with Gasteiger partial charge in [-0.2, -0.15) is 0 Å². The van der Waals surface area contributed by atoms with E-state index in [0.29, 0.717) is 23.7 Å². The topological polar surface area (TPSA) is 79.5 Å². The first kappa shape index (κ1) is 19.2. The lowest BCUT2D eigenvalue weighted by atomic mass is 10.2. The molecule has 1 atom stereocenters. The van der Waals surface area contributed by atoms with Crippen LogP contribution < -0.4 is 20.7 Å². The van der Waals surface area contributed by atoms with E-state index in [-0.39, 0.29) is 17.6 Å². The number of halogens is 1. The quantitative estimate of drug-likeness (QED) is 0.710. The summed E-state index contributed by atoms with van der Waals surface area (Å²) in [5, 5.41) is 8.54. The monoisotopic (exact) mass is 359 g/mol.